The highest BCUT2D eigenvalue weighted by Gasteiger charge is 2.49. The van der Waals surface area contributed by atoms with E-state index >= 15 is 4.39 Å². The van der Waals surface area contributed by atoms with Gasteiger partial charge in [0.25, 0.3) is 0 Å². The molecule has 214 valence electrons. The number of anilines is 1. The first-order valence-electron chi connectivity index (χ1n) is 14.1. The van der Waals surface area contributed by atoms with Crippen LogP contribution in [0.4, 0.5) is 19.0 Å². The molecule has 2 N–H and O–H groups in total. The number of ether oxygens (including phenoxy) is 1. The molecule has 2 bridgehead atoms. The molecule has 4 aliphatic heterocycles. The van der Waals surface area contributed by atoms with Crippen LogP contribution in [0.5, 0.6) is 11.8 Å². The minimum atomic E-state index is -1.06. The molecule has 0 amide bonds. The maximum atomic E-state index is 15.1. The zero-order chi connectivity index (χ0) is 27.9. The molecule has 0 spiro atoms. The summed E-state index contributed by atoms with van der Waals surface area (Å²) >= 11 is 0. The van der Waals surface area contributed by atoms with Crippen molar-refractivity contribution in [1.82, 2.24) is 35.2 Å². The van der Waals surface area contributed by atoms with Crippen molar-refractivity contribution in [2.45, 2.75) is 55.9 Å². The van der Waals surface area contributed by atoms with Gasteiger partial charge >= 0.3 is 6.01 Å². The molecule has 2 aromatic heterocycles. The highest BCUT2D eigenvalue weighted by molar-refractivity contribution is 5.94. The molecular formula is C28H29F3N8O2. The SMILES string of the molecule is Oc1cc(-n2nnc3c(N4CC5CCC(C4)N5)nc(OC[C@@]45CCCN4C[C@H](F)C5)nc32)c2c(F)c(F)ccc2c1. The Morgan fingerprint density at radius 3 is 2.76 bits per heavy atom. The number of alkyl halides is 1. The minimum Gasteiger partial charge on any atom is -0.508 e. The highest BCUT2D eigenvalue weighted by Crippen LogP contribution is 2.41. The van der Waals surface area contributed by atoms with E-state index < -0.39 is 23.3 Å². The number of hydrogen-bond acceptors (Lipinski definition) is 9. The van der Waals surface area contributed by atoms with E-state index in [1.54, 1.807) is 0 Å². The molecule has 0 radical (unpaired) electrons. The van der Waals surface area contributed by atoms with Gasteiger partial charge in [-0.1, -0.05) is 11.3 Å². The Morgan fingerprint density at radius 2 is 1.93 bits per heavy atom. The van der Waals surface area contributed by atoms with Gasteiger partial charge in [-0.25, -0.2) is 13.2 Å². The van der Waals surface area contributed by atoms with E-state index in [0.29, 0.717) is 54.9 Å². The van der Waals surface area contributed by atoms with Crippen molar-refractivity contribution in [1.29, 1.82) is 0 Å². The Kier molecular flexibility index (Phi) is 5.59. The number of phenols is 1. The Bertz CT molecular complexity index is 1670. The van der Waals surface area contributed by atoms with Crippen LogP contribution in [0.25, 0.3) is 27.6 Å². The maximum Gasteiger partial charge on any atom is 0.320 e. The third kappa shape index (κ3) is 4.00. The standard InChI is InChI=1S/C28H29F3N8O2/c29-16-10-28(6-1-7-38(28)11-16)14-41-27-33-25(37-12-17-3-4-18(13-37)32-17)24-26(34-27)39(36-35-24)21-9-19(40)8-15-2-5-20(30)23(31)22(15)21/h2,5,8-9,16-18,32,40H,1,3-4,6-7,10-14H2/t16-,17?,18?,28+/m1/s1. The largest absolute Gasteiger partial charge is 0.508 e. The molecule has 4 saturated heterocycles. The summed E-state index contributed by atoms with van der Waals surface area (Å²) in [6, 6.07) is 5.80. The molecule has 4 atom stereocenters. The van der Waals surface area contributed by atoms with Gasteiger partial charge in [0, 0.05) is 49.6 Å². The van der Waals surface area contributed by atoms with E-state index in [1.807, 2.05) is 0 Å². The molecule has 4 aromatic rings. The average molecular weight is 567 g/mol. The van der Waals surface area contributed by atoms with Gasteiger partial charge in [0.1, 0.15) is 18.5 Å². The smallest absolute Gasteiger partial charge is 0.320 e. The fraction of sp³-hybridized carbons (Fsp3) is 0.500. The number of fused-ring (bicyclic) bond motifs is 5. The van der Waals surface area contributed by atoms with Crippen molar-refractivity contribution in [2.75, 3.05) is 37.7 Å². The zero-order valence-electron chi connectivity index (χ0n) is 22.2. The van der Waals surface area contributed by atoms with Gasteiger partial charge in [0.2, 0.25) is 0 Å². The molecule has 10 nitrogen and oxygen atoms in total. The summed E-state index contributed by atoms with van der Waals surface area (Å²) in [7, 11) is 0. The van der Waals surface area contributed by atoms with Crippen molar-refractivity contribution >= 4 is 27.8 Å². The number of rotatable bonds is 5. The number of aromatic hydroxyl groups is 1. The van der Waals surface area contributed by atoms with Gasteiger partial charge in [-0.3, -0.25) is 4.90 Å². The average Bonchev–Trinajstić information content (AvgIpc) is 3.70. The van der Waals surface area contributed by atoms with Crippen LogP contribution in [0.3, 0.4) is 0 Å². The lowest BCUT2D eigenvalue weighted by Crippen LogP contribution is -2.51. The lowest BCUT2D eigenvalue weighted by atomic mass is 9.95. The number of aromatic nitrogens is 5. The second kappa shape index (κ2) is 9.15. The number of benzene rings is 2. The van der Waals surface area contributed by atoms with E-state index in [1.165, 1.54) is 22.9 Å². The van der Waals surface area contributed by atoms with Crippen LogP contribution < -0.4 is 15.0 Å². The first-order chi connectivity index (χ1) is 19.9. The molecule has 0 saturated carbocycles. The van der Waals surface area contributed by atoms with Crippen LogP contribution in [0, 0.1) is 11.6 Å². The van der Waals surface area contributed by atoms with Gasteiger partial charge in [-0.2, -0.15) is 14.6 Å². The minimum absolute atomic E-state index is 0.0575. The van der Waals surface area contributed by atoms with Gasteiger partial charge in [-0.05, 0) is 49.7 Å². The topological polar surface area (TPSA) is 104 Å². The van der Waals surface area contributed by atoms with Crippen LogP contribution in [-0.4, -0.2) is 91.5 Å². The van der Waals surface area contributed by atoms with Crippen LogP contribution in [0.2, 0.25) is 0 Å². The Labute approximate surface area is 233 Å². The van der Waals surface area contributed by atoms with Gasteiger partial charge < -0.3 is 20.1 Å². The van der Waals surface area contributed by atoms with Gasteiger partial charge in [-0.15, -0.1) is 5.10 Å². The molecule has 13 heteroatoms. The monoisotopic (exact) mass is 566 g/mol. The Balaban J connectivity index is 1.26. The second-order valence-electron chi connectivity index (χ2n) is 11.8. The molecule has 41 heavy (non-hydrogen) atoms. The highest BCUT2D eigenvalue weighted by atomic mass is 19.2. The summed E-state index contributed by atoms with van der Waals surface area (Å²) < 4.78 is 51.4. The van der Waals surface area contributed by atoms with Crippen LogP contribution in [0.15, 0.2) is 24.3 Å². The molecule has 8 rings (SSSR count). The van der Waals surface area contributed by atoms with Crippen molar-refractivity contribution in [2.24, 2.45) is 0 Å². The quantitative estimate of drug-likeness (QED) is 0.377. The van der Waals surface area contributed by atoms with E-state index in [0.717, 1.165) is 38.3 Å². The molecule has 4 aliphatic rings. The van der Waals surface area contributed by atoms with E-state index in [4.69, 9.17) is 9.72 Å². The number of hydrogen-bond donors (Lipinski definition) is 2. The molecule has 6 heterocycles. The number of piperazine rings is 1. The second-order valence-corrected chi connectivity index (χ2v) is 11.8. The first-order valence-corrected chi connectivity index (χ1v) is 14.1. The third-order valence-corrected chi connectivity index (χ3v) is 9.21. The lowest BCUT2D eigenvalue weighted by molar-refractivity contribution is 0.107. The fourth-order valence-electron chi connectivity index (χ4n) is 7.37. The van der Waals surface area contributed by atoms with Crippen molar-refractivity contribution in [3.63, 3.8) is 0 Å². The van der Waals surface area contributed by atoms with E-state index in [-0.39, 0.29) is 35.1 Å². The first kappa shape index (κ1) is 25.0. The molecular weight excluding hydrogens is 537 g/mol. The summed E-state index contributed by atoms with van der Waals surface area (Å²) in [5, 5.41) is 23.0. The summed E-state index contributed by atoms with van der Waals surface area (Å²) in [6.07, 6.45) is 3.46. The summed E-state index contributed by atoms with van der Waals surface area (Å²) in [5.41, 5.74) is 0.318. The summed E-state index contributed by atoms with van der Waals surface area (Å²) in [6.45, 7) is 2.90. The lowest BCUT2D eigenvalue weighted by Gasteiger charge is -2.34. The van der Waals surface area contributed by atoms with Crippen molar-refractivity contribution in [3.05, 3.63) is 35.9 Å². The molecule has 2 unspecified atom stereocenters. The van der Waals surface area contributed by atoms with Gasteiger partial charge in [0.15, 0.2) is 28.6 Å². The van der Waals surface area contributed by atoms with E-state index in [9.17, 15) is 13.9 Å². The number of phenolic OH excluding ortho intramolecular Hbond substituents is 1. The fourth-order valence-corrected chi connectivity index (χ4v) is 7.37. The molecule has 2 aromatic carbocycles. The molecule has 0 aliphatic carbocycles. The predicted octanol–water partition coefficient (Wildman–Crippen LogP) is 3.24. The van der Waals surface area contributed by atoms with Crippen LogP contribution in [0.1, 0.15) is 32.1 Å². The summed E-state index contributed by atoms with van der Waals surface area (Å²) in [4.78, 5) is 13.7. The van der Waals surface area contributed by atoms with Crippen LogP contribution >= 0.6 is 0 Å². The summed E-state index contributed by atoms with van der Waals surface area (Å²) in [5.74, 6) is -1.68. The number of nitrogens with zero attached hydrogens (tertiary/aromatic N) is 7. The zero-order valence-corrected chi connectivity index (χ0v) is 22.2. The normalized spacial score (nSPS) is 27.8. The van der Waals surface area contributed by atoms with E-state index in [2.05, 4.69) is 30.4 Å². The van der Waals surface area contributed by atoms with Crippen molar-refractivity contribution in [3.8, 4) is 17.4 Å². The number of nitrogens with one attached hydrogen (secondary N) is 1. The van der Waals surface area contributed by atoms with Gasteiger partial charge in [0.05, 0.1) is 11.2 Å². The van der Waals surface area contributed by atoms with Crippen LogP contribution in [-0.2, 0) is 0 Å². The number of halogens is 3. The maximum absolute atomic E-state index is 15.1. The Morgan fingerprint density at radius 1 is 1.10 bits per heavy atom. The van der Waals surface area contributed by atoms with Crippen molar-refractivity contribution < 1.29 is 23.0 Å². The Hall–Kier alpha value is -3.71. The predicted molar refractivity (Wildman–Crippen MR) is 144 cm³/mol. The third-order valence-electron chi connectivity index (χ3n) is 9.21. The molecule has 4 fully saturated rings.